The van der Waals surface area contributed by atoms with Crippen LogP contribution in [0.1, 0.15) is 33.6 Å². The third kappa shape index (κ3) is 4.71. The second-order valence-corrected chi connectivity index (χ2v) is 7.02. The first-order valence-electron chi connectivity index (χ1n) is 7.45. The van der Waals surface area contributed by atoms with E-state index in [0.717, 1.165) is 31.9 Å². The number of hydrogen-bond acceptors (Lipinski definition) is 5. The maximum Gasteiger partial charge on any atom is 0.318 e. The van der Waals surface area contributed by atoms with Crippen molar-refractivity contribution >= 4 is 17.4 Å². The summed E-state index contributed by atoms with van der Waals surface area (Å²) < 4.78 is 5.10. The molecule has 1 aromatic rings. The SMILES string of the molecule is COc1ncc(Cl)c(N2CCCC(CNC(C)(C)C)C2)n1. The fourth-order valence-corrected chi connectivity index (χ4v) is 2.75. The van der Waals surface area contributed by atoms with E-state index in [-0.39, 0.29) is 5.54 Å². The van der Waals surface area contributed by atoms with Crippen LogP contribution in [-0.2, 0) is 0 Å². The van der Waals surface area contributed by atoms with Gasteiger partial charge in [-0.15, -0.1) is 0 Å². The number of nitrogens with zero attached hydrogens (tertiary/aromatic N) is 3. The summed E-state index contributed by atoms with van der Waals surface area (Å²) in [6.07, 6.45) is 4.00. The quantitative estimate of drug-likeness (QED) is 0.926. The highest BCUT2D eigenvalue weighted by Gasteiger charge is 2.24. The molecular weight excluding hydrogens is 288 g/mol. The number of anilines is 1. The van der Waals surface area contributed by atoms with Crippen molar-refractivity contribution in [3.63, 3.8) is 0 Å². The first-order chi connectivity index (χ1) is 9.89. The molecule has 0 aromatic carbocycles. The molecular formula is C15H25ClN4O. The fourth-order valence-electron chi connectivity index (χ4n) is 2.54. The Hall–Kier alpha value is -1.07. The number of methoxy groups -OCH3 is 1. The lowest BCUT2D eigenvalue weighted by Gasteiger charge is -2.35. The van der Waals surface area contributed by atoms with Gasteiger partial charge in [-0.25, -0.2) is 4.98 Å². The zero-order chi connectivity index (χ0) is 15.5. The van der Waals surface area contributed by atoms with Crippen molar-refractivity contribution in [1.29, 1.82) is 0 Å². The fraction of sp³-hybridized carbons (Fsp3) is 0.733. The van der Waals surface area contributed by atoms with Gasteiger partial charge in [0.05, 0.1) is 13.3 Å². The molecule has 1 aromatic heterocycles. The lowest BCUT2D eigenvalue weighted by Crippen LogP contribution is -2.45. The van der Waals surface area contributed by atoms with Crippen molar-refractivity contribution < 1.29 is 4.74 Å². The summed E-state index contributed by atoms with van der Waals surface area (Å²) in [5.41, 5.74) is 0.151. The molecule has 6 heteroatoms. The molecule has 1 N–H and O–H groups in total. The number of piperidine rings is 1. The third-order valence-corrected chi connectivity index (χ3v) is 3.89. The van der Waals surface area contributed by atoms with E-state index < -0.39 is 0 Å². The molecule has 118 valence electrons. The van der Waals surface area contributed by atoms with E-state index in [1.54, 1.807) is 13.3 Å². The normalized spacial score (nSPS) is 19.7. The Morgan fingerprint density at radius 2 is 2.24 bits per heavy atom. The molecule has 2 heterocycles. The highest BCUT2D eigenvalue weighted by molar-refractivity contribution is 6.32. The summed E-state index contributed by atoms with van der Waals surface area (Å²) in [7, 11) is 1.57. The summed E-state index contributed by atoms with van der Waals surface area (Å²) in [6.45, 7) is 9.54. The third-order valence-electron chi connectivity index (χ3n) is 3.63. The van der Waals surface area contributed by atoms with E-state index >= 15 is 0 Å². The maximum absolute atomic E-state index is 6.25. The standard InChI is InChI=1S/C15H25ClN4O/c1-15(2,3)18-8-11-6-5-7-20(10-11)13-12(16)9-17-14(19-13)21-4/h9,11,18H,5-8,10H2,1-4H3. The lowest BCUT2D eigenvalue weighted by molar-refractivity contribution is 0.333. The van der Waals surface area contributed by atoms with Crippen molar-refractivity contribution in [2.45, 2.75) is 39.2 Å². The second kappa shape index (κ2) is 6.79. The van der Waals surface area contributed by atoms with Crippen molar-refractivity contribution in [3.05, 3.63) is 11.2 Å². The molecule has 1 aliphatic rings. The molecule has 0 saturated carbocycles. The van der Waals surface area contributed by atoms with Gasteiger partial charge in [-0.3, -0.25) is 0 Å². The monoisotopic (exact) mass is 312 g/mol. The Labute approximate surface area is 132 Å². The van der Waals surface area contributed by atoms with E-state index in [9.17, 15) is 0 Å². The minimum absolute atomic E-state index is 0.151. The van der Waals surface area contributed by atoms with Gasteiger partial charge in [0, 0.05) is 25.2 Å². The van der Waals surface area contributed by atoms with Crippen LogP contribution < -0.4 is 15.0 Å². The van der Waals surface area contributed by atoms with Crippen molar-refractivity contribution in [3.8, 4) is 6.01 Å². The van der Waals surface area contributed by atoms with Gasteiger partial charge in [-0.2, -0.15) is 4.98 Å². The van der Waals surface area contributed by atoms with Crippen molar-refractivity contribution in [1.82, 2.24) is 15.3 Å². The average Bonchev–Trinajstić information content (AvgIpc) is 2.45. The van der Waals surface area contributed by atoms with Crippen molar-refractivity contribution in [2.75, 3.05) is 31.6 Å². The first-order valence-corrected chi connectivity index (χ1v) is 7.83. The number of aromatic nitrogens is 2. The first kappa shape index (κ1) is 16.3. The topological polar surface area (TPSA) is 50.3 Å². The Morgan fingerprint density at radius 1 is 1.48 bits per heavy atom. The van der Waals surface area contributed by atoms with Crippen LogP contribution in [0.2, 0.25) is 5.02 Å². The number of rotatable bonds is 4. The van der Waals surface area contributed by atoms with Gasteiger partial charge in [-0.1, -0.05) is 11.6 Å². The van der Waals surface area contributed by atoms with Gasteiger partial charge in [0.1, 0.15) is 5.02 Å². The van der Waals surface area contributed by atoms with E-state index in [1.807, 2.05) is 0 Å². The van der Waals surface area contributed by atoms with Crippen LogP contribution in [0.4, 0.5) is 5.82 Å². The van der Waals surface area contributed by atoms with Gasteiger partial charge in [0.25, 0.3) is 0 Å². The molecule has 1 aliphatic heterocycles. The molecule has 0 aliphatic carbocycles. The molecule has 1 saturated heterocycles. The molecule has 0 amide bonds. The van der Waals surface area contributed by atoms with Crippen molar-refractivity contribution in [2.24, 2.45) is 5.92 Å². The Kier molecular flexibility index (Phi) is 5.27. The molecule has 21 heavy (non-hydrogen) atoms. The van der Waals surface area contributed by atoms with E-state index in [1.165, 1.54) is 6.42 Å². The summed E-state index contributed by atoms with van der Waals surface area (Å²) >= 11 is 6.25. The minimum atomic E-state index is 0.151. The second-order valence-electron chi connectivity index (χ2n) is 6.61. The van der Waals surface area contributed by atoms with Crippen LogP contribution >= 0.6 is 11.6 Å². The summed E-state index contributed by atoms with van der Waals surface area (Å²) in [5.74, 6) is 1.39. The van der Waals surface area contributed by atoms with Crippen LogP contribution in [-0.4, -0.2) is 42.3 Å². The molecule has 0 radical (unpaired) electrons. The van der Waals surface area contributed by atoms with Gasteiger partial charge in [0.15, 0.2) is 5.82 Å². The largest absolute Gasteiger partial charge is 0.467 e. The Balaban J connectivity index is 2.03. The van der Waals surface area contributed by atoms with E-state index in [2.05, 4.69) is 41.0 Å². The highest BCUT2D eigenvalue weighted by atomic mass is 35.5. The molecule has 1 unspecified atom stereocenters. The van der Waals surface area contributed by atoms with E-state index in [0.29, 0.717) is 17.0 Å². The van der Waals surface area contributed by atoms with Gasteiger partial charge < -0.3 is 15.0 Å². The molecule has 1 atom stereocenters. The Bertz CT molecular complexity index is 475. The van der Waals surface area contributed by atoms with Crippen LogP contribution in [0.25, 0.3) is 0 Å². The number of halogens is 1. The zero-order valence-electron chi connectivity index (χ0n) is 13.3. The summed E-state index contributed by atoms with van der Waals surface area (Å²) in [5, 5.41) is 4.17. The summed E-state index contributed by atoms with van der Waals surface area (Å²) in [4.78, 5) is 10.7. The smallest absolute Gasteiger partial charge is 0.318 e. The molecule has 1 fully saturated rings. The van der Waals surface area contributed by atoms with Crippen LogP contribution in [0.5, 0.6) is 6.01 Å². The van der Waals surface area contributed by atoms with Crippen LogP contribution in [0, 0.1) is 5.92 Å². The minimum Gasteiger partial charge on any atom is -0.467 e. The highest BCUT2D eigenvalue weighted by Crippen LogP contribution is 2.28. The van der Waals surface area contributed by atoms with Gasteiger partial charge in [-0.05, 0) is 39.5 Å². The summed E-state index contributed by atoms with van der Waals surface area (Å²) in [6, 6.07) is 0.365. The molecule has 2 rings (SSSR count). The maximum atomic E-state index is 6.25. The number of ether oxygens (including phenoxy) is 1. The zero-order valence-corrected chi connectivity index (χ0v) is 14.1. The number of hydrogen-bond donors (Lipinski definition) is 1. The van der Waals surface area contributed by atoms with Gasteiger partial charge >= 0.3 is 6.01 Å². The molecule has 5 nitrogen and oxygen atoms in total. The Morgan fingerprint density at radius 3 is 2.90 bits per heavy atom. The average molecular weight is 313 g/mol. The molecule has 0 spiro atoms. The predicted octanol–water partition coefficient (Wildman–Crippen LogP) is 2.74. The van der Waals surface area contributed by atoms with E-state index in [4.69, 9.17) is 16.3 Å². The van der Waals surface area contributed by atoms with Crippen LogP contribution in [0.15, 0.2) is 6.20 Å². The molecule has 0 bridgehead atoms. The van der Waals surface area contributed by atoms with Crippen LogP contribution in [0.3, 0.4) is 0 Å². The number of nitrogens with one attached hydrogen (secondary N) is 1. The van der Waals surface area contributed by atoms with Gasteiger partial charge in [0.2, 0.25) is 0 Å². The predicted molar refractivity (Wildman–Crippen MR) is 86.3 cm³/mol. The lowest BCUT2D eigenvalue weighted by atomic mass is 9.96.